The fourth-order valence-corrected chi connectivity index (χ4v) is 3.91. The Hall–Kier alpha value is -2.34. The second-order valence-corrected chi connectivity index (χ2v) is 8.75. The summed E-state index contributed by atoms with van der Waals surface area (Å²) in [4.78, 5) is 27.5. The van der Waals surface area contributed by atoms with Crippen molar-refractivity contribution in [2.75, 3.05) is 13.2 Å². The van der Waals surface area contributed by atoms with Gasteiger partial charge in [0.15, 0.2) is 6.61 Å². The first kappa shape index (κ1) is 24.9. The van der Waals surface area contributed by atoms with E-state index in [1.165, 1.54) is 5.56 Å². The Bertz CT molecular complexity index is 898. The van der Waals surface area contributed by atoms with Crippen LogP contribution in [0.25, 0.3) is 0 Å². The van der Waals surface area contributed by atoms with Crippen LogP contribution in [0.15, 0.2) is 46.9 Å². The number of rotatable bonds is 10. The molecule has 6 heteroatoms. The largest absolute Gasteiger partial charge is 0.483 e. The van der Waals surface area contributed by atoms with Crippen molar-refractivity contribution in [2.24, 2.45) is 0 Å². The number of likely N-dealkylation sites (N-methyl/N-ethyl adjacent to an activating group) is 1. The van der Waals surface area contributed by atoms with Crippen LogP contribution in [-0.2, 0) is 16.1 Å². The van der Waals surface area contributed by atoms with E-state index in [1.807, 2.05) is 63.2 Å². The Morgan fingerprint density at radius 2 is 1.84 bits per heavy atom. The molecule has 2 rings (SSSR count). The van der Waals surface area contributed by atoms with Crippen LogP contribution in [0.3, 0.4) is 0 Å². The molecule has 1 N–H and O–H groups in total. The molecule has 1 atom stereocenters. The van der Waals surface area contributed by atoms with E-state index in [2.05, 4.69) is 35.1 Å². The average molecular weight is 489 g/mol. The summed E-state index contributed by atoms with van der Waals surface area (Å²) in [6, 6.07) is 13.2. The third-order valence-corrected chi connectivity index (χ3v) is 5.93. The number of nitrogens with one attached hydrogen (secondary N) is 1. The summed E-state index contributed by atoms with van der Waals surface area (Å²) in [7, 11) is 0. The second kappa shape index (κ2) is 11.9. The van der Waals surface area contributed by atoms with Gasteiger partial charge in [0.05, 0.1) is 4.47 Å². The van der Waals surface area contributed by atoms with E-state index in [4.69, 9.17) is 4.74 Å². The molecule has 0 aliphatic carbocycles. The minimum atomic E-state index is -0.553. The Morgan fingerprint density at radius 3 is 2.42 bits per heavy atom. The lowest BCUT2D eigenvalue weighted by Gasteiger charge is -2.31. The van der Waals surface area contributed by atoms with Gasteiger partial charge in [-0.15, -0.1) is 0 Å². The fraction of sp³-hybridized carbons (Fsp3) is 0.440. The lowest BCUT2D eigenvalue weighted by atomic mass is 10.0. The molecule has 31 heavy (non-hydrogen) atoms. The molecule has 0 bridgehead atoms. The summed E-state index contributed by atoms with van der Waals surface area (Å²) < 4.78 is 6.66. The molecule has 2 amide bonds. The predicted octanol–water partition coefficient (Wildman–Crippen LogP) is 5.20. The molecule has 0 unspecified atom stereocenters. The number of benzene rings is 2. The molecule has 0 saturated heterocycles. The number of hydrogen-bond acceptors (Lipinski definition) is 3. The maximum Gasteiger partial charge on any atom is 0.261 e. The van der Waals surface area contributed by atoms with Gasteiger partial charge < -0.3 is 15.0 Å². The number of nitrogens with zero attached hydrogens (tertiary/aromatic N) is 1. The highest BCUT2D eigenvalue weighted by Gasteiger charge is 2.29. The van der Waals surface area contributed by atoms with E-state index in [0.717, 1.165) is 15.6 Å². The Labute approximate surface area is 194 Å². The maximum atomic E-state index is 13.2. The van der Waals surface area contributed by atoms with Crippen molar-refractivity contribution in [1.82, 2.24) is 10.2 Å². The normalized spacial score (nSPS) is 11.8. The lowest BCUT2D eigenvalue weighted by molar-refractivity contribution is -0.142. The highest BCUT2D eigenvalue weighted by atomic mass is 79.9. The summed E-state index contributed by atoms with van der Waals surface area (Å²) in [5.41, 5.74) is 3.29. The summed E-state index contributed by atoms with van der Waals surface area (Å²) in [5.74, 6) is 0.647. The van der Waals surface area contributed by atoms with Crippen molar-refractivity contribution < 1.29 is 14.3 Å². The number of carbonyl (C=O) groups excluding carboxylic acids is 2. The number of halogens is 1. The van der Waals surface area contributed by atoms with Crippen molar-refractivity contribution in [1.29, 1.82) is 0 Å². The van der Waals surface area contributed by atoms with Gasteiger partial charge in [-0.3, -0.25) is 9.59 Å². The summed E-state index contributed by atoms with van der Waals surface area (Å²) in [5, 5.41) is 2.85. The van der Waals surface area contributed by atoms with Crippen molar-refractivity contribution in [3.63, 3.8) is 0 Å². The zero-order valence-corrected chi connectivity index (χ0v) is 20.7. The molecule has 5 nitrogen and oxygen atoms in total. The van der Waals surface area contributed by atoms with Crippen LogP contribution in [-0.4, -0.2) is 35.9 Å². The van der Waals surface area contributed by atoms with Crippen LogP contribution in [0.1, 0.15) is 56.7 Å². The number of aryl methyl sites for hydroxylation is 1. The topological polar surface area (TPSA) is 58.6 Å². The zero-order chi connectivity index (χ0) is 23.0. The number of ether oxygens (including phenoxy) is 1. The van der Waals surface area contributed by atoms with Crippen LogP contribution in [0.2, 0.25) is 0 Å². The predicted molar refractivity (Wildman–Crippen MR) is 128 cm³/mol. The number of carbonyl (C=O) groups is 2. The van der Waals surface area contributed by atoms with Gasteiger partial charge in [-0.2, -0.15) is 0 Å². The van der Waals surface area contributed by atoms with Crippen molar-refractivity contribution in [2.45, 2.75) is 59.5 Å². The summed E-state index contributed by atoms with van der Waals surface area (Å²) >= 11 is 3.54. The van der Waals surface area contributed by atoms with Crippen LogP contribution in [0, 0.1) is 6.92 Å². The van der Waals surface area contributed by atoms with E-state index in [0.29, 0.717) is 31.2 Å². The highest BCUT2D eigenvalue weighted by Crippen LogP contribution is 2.29. The van der Waals surface area contributed by atoms with Crippen LogP contribution in [0.4, 0.5) is 0 Å². The molecular formula is C25H33BrN2O3. The van der Waals surface area contributed by atoms with Crippen LogP contribution >= 0.6 is 15.9 Å². The lowest BCUT2D eigenvalue weighted by Crippen LogP contribution is -2.50. The van der Waals surface area contributed by atoms with Crippen molar-refractivity contribution >= 4 is 27.7 Å². The Balaban J connectivity index is 2.23. The first-order valence-electron chi connectivity index (χ1n) is 10.8. The van der Waals surface area contributed by atoms with Crippen LogP contribution in [0.5, 0.6) is 5.75 Å². The van der Waals surface area contributed by atoms with Gasteiger partial charge >= 0.3 is 0 Å². The maximum absolute atomic E-state index is 13.2. The first-order valence-corrected chi connectivity index (χ1v) is 11.6. The third kappa shape index (κ3) is 6.82. The smallest absolute Gasteiger partial charge is 0.261 e. The molecule has 0 aliphatic rings. The molecule has 0 radical (unpaired) electrons. The number of hydrogen-bond donors (Lipinski definition) is 1. The number of amides is 2. The molecule has 2 aromatic carbocycles. The molecule has 0 fully saturated rings. The summed E-state index contributed by atoms with van der Waals surface area (Å²) in [6.45, 7) is 10.8. The second-order valence-electron chi connectivity index (χ2n) is 7.90. The SMILES string of the molecule is CCNC(=O)[C@H](CC)N(Cc1ccccc1C)C(=O)COc1ccc(C(C)C)cc1Br. The average Bonchev–Trinajstić information content (AvgIpc) is 2.73. The van der Waals surface area contributed by atoms with E-state index in [9.17, 15) is 9.59 Å². The van der Waals surface area contributed by atoms with Crippen LogP contribution < -0.4 is 10.1 Å². The van der Waals surface area contributed by atoms with E-state index >= 15 is 0 Å². The van der Waals surface area contributed by atoms with Gasteiger partial charge in [0.2, 0.25) is 5.91 Å². The fourth-order valence-electron chi connectivity index (χ4n) is 3.40. The molecule has 0 aliphatic heterocycles. The summed E-state index contributed by atoms with van der Waals surface area (Å²) in [6.07, 6.45) is 0.524. The zero-order valence-electron chi connectivity index (χ0n) is 19.1. The van der Waals surface area contributed by atoms with Crippen molar-refractivity contribution in [3.05, 3.63) is 63.6 Å². The van der Waals surface area contributed by atoms with E-state index < -0.39 is 6.04 Å². The molecule has 168 valence electrons. The molecule has 0 aromatic heterocycles. The van der Waals surface area contributed by atoms with Gasteiger partial charge in [-0.1, -0.05) is 51.1 Å². The van der Waals surface area contributed by atoms with E-state index in [1.54, 1.807) is 4.90 Å². The van der Waals surface area contributed by atoms with Gasteiger partial charge in [0.1, 0.15) is 11.8 Å². The molecule has 0 spiro atoms. The minimum Gasteiger partial charge on any atom is -0.483 e. The molecule has 2 aromatic rings. The monoisotopic (exact) mass is 488 g/mol. The molecular weight excluding hydrogens is 456 g/mol. The Kier molecular flexibility index (Phi) is 9.56. The van der Waals surface area contributed by atoms with Gasteiger partial charge in [-0.05, 0) is 70.9 Å². The minimum absolute atomic E-state index is 0.137. The van der Waals surface area contributed by atoms with Gasteiger partial charge in [0, 0.05) is 13.1 Å². The third-order valence-electron chi connectivity index (χ3n) is 5.31. The van der Waals surface area contributed by atoms with Gasteiger partial charge in [0.25, 0.3) is 5.91 Å². The quantitative estimate of drug-likeness (QED) is 0.499. The van der Waals surface area contributed by atoms with Gasteiger partial charge in [-0.25, -0.2) is 0 Å². The van der Waals surface area contributed by atoms with Crippen molar-refractivity contribution in [3.8, 4) is 5.75 Å². The van der Waals surface area contributed by atoms with E-state index in [-0.39, 0.29) is 18.4 Å². The highest BCUT2D eigenvalue weighted by molar-refractivity contribution is 9.10. The Morgan fingerprint density at radius 1 is 1.13 bits per heavy atom. The first-order chi connectivity index (χ1) is 14.8. The standard InChI is InChI=1S/C25H33BrN2O3/c1-6-22(25(30)27-7-2)28(15-20-11-9-8-10-18(20)5)24(29)16-31-23-13-12-19(17(3)4)14-21(23)26/h8-14,17,22H,6-7,15-16H2,1-5H3,(H,27,30)/t22-/m0/s1. The molecule has 0 heterocycles. The molecule has 0 saturated carbocycles.